The molecule has 0 aliphatic carbocycles. The Morgan fingerprint density at radius 2 is 1.86 bits per heavy atom. The third-order valence-electron chi connectivity index (χ3n) is 4.25. The molecule has 29 heavy (non-hydrogen) atoms. The van der Waals surface area contributed by atoms with Crippen molar-refractivity contribution in [3.05, 3.63) is 59.9 Å². The topological polar surface area (TPSA) is 97.3 Å². The monoisotopic (exact) mass is 414 g/mol. The van der Waals surface area contributed by atoms with Crippen LogP contribution in [-0.2, 0) is 9.59 Å². The van der Waals surface area contributed by atoms with E-state index in [1.807, 2.05) is 0 Å². The highest BCUT2D eigenvalue weighted by molar-refractivity contribution is 8.14. The van der Waals surface area contributed by atoms with Crippen LogP contribution in [0.15, 0.2) is 58.7 Å². The maximum atomic E-state index is 13.0. The Kier molecular flexibility index (Phi) is 6.28. The Morgan fingerprint density at radius 3 is 2.55 bits per heavy atom. The highest BCUT2D eigenvalue weighted by Crippen LogP contribution is 2.35. The number of amides is 2. The van der Waals surface area contributed by atoms with E-state index in [0.717, 1.165) is 16.7 Å². The molecule has 2 N–H and O–H groups in total. The highest BCUT2D eigenvalue weighted by atomic mass is 32.2. The van der Waals surface area contributed by atoms with Gasteiger partial charge >= 0.3 is 0 Å². The highest BCUT2D eigenvalue weighted by Gasteiger charge is 2.41. The molecule has 2 amide bonds. The van der Waals surface area contributed by atoms with Crippen LogP contribution in [-0.4, -0.2) is 35.1 Å². The average molecular weight is 414 g/mol. The lowest BCUT2D eigenvalue weighted by Crippen LogP contribution is -2.32. The number of imide groups is 1. The summed E-state index contributed by atoms with van der Waals surface area (Å²) in [6.45, 7) is 1.71. The normalized spacial score (nSPS) is 17.8. The lowest BCUT2D eigenvalue weighted by molar-refractivity contribution is -0.121. The van der Waals surface area contributed by atoms with Crippen molar-refractivity contribution in [2.24, 2.45) is 15.9 Å². The molecule has 0 radical (unpaired) electrons. The minimum atomic E-state index is -0.697. The molecule has 1 heterocycles. The number of anilines is 1. The molecule has 1 unspecified atom stereocenters. The number of para-hydroxylation sites is 2. The summed E-state index contributed by atoms with van der Waals surface area (Å²) >= 11 is 0.978. The Labute approximate surface area is 171 Å². The zero-order chi connectivity index (χ0) is 21.0. The van der Waals surface area contributed by atoms with Gasteiger partial charge in [0, 0.05) is 6.42 Å². The minimum absolute atomic E-state index is 0.00156. The van der Waals surface area contributed by atoms with Crippen molar-refractivity contribution in [1.82, 2.24) is 0 Å². The molecule has 2 aromatic rings. The predicted molar refractivity (Wildman–Crippen MR) is 112 cm³/mol. The quantitative estimate of drug-likeness (QED) is 0.351. The van der Waals surface area contributed by atoms with E-state index in [2.05, 4.69) is 10.2 Å². The first-order chi connectivity index (χ1) is 13.9. The fraction of sp³-hybridized carbons (Fsp3) is 0.200. The van der Waals surface area contributed by atoms with Gasteiger partial charge in [0.05, 0.1) is 18.5 Å². The van der Waals surface area contributed by atoms with Crippen LogP contribution in [0.1, 0.15) is 18.9 Å². The second-order valence-corrected chi connectivity index (χ2v) is 7.40. The Morgan fingerprint density at radius 1 is 1.17 bits per heavy atom. The zero-order valence-corrected chi connectivity index (χ0v) is 16.6. The number of benzene rings is 2. The van der Waals surface area contributed by atoms with Crippen LogP contribution >= 0.6 is 11.8 Å². The molecule has 3 rings (SSSR count). The predicted octanol–water partition coefficient (Wildman–Crippen LogP) is 2.94. The van der Waals surface area contributed by atoms with Crippen LogP contribution in [0.3, 0.4) is 0 Å². The first-order valence-electron chi connectivity index (χ1n) is 8.71. The van der Waals surface area contributed by atoms with Gasteiger partial charge in [0.25, 0.3) is 0 Å². The molecule has 2 aromatic carbocycles. The molecular weight excluding hydrogens is 395 g/mol. The number of hydrogen-bond acceptors (Lipinski definition) is 6. The summed E-state index contributed by atoms with van der Waals surface area (Å²) in [7, 11) is 1.47. The van der Waals surface area contributed by atoms with Crippen molar-refractivity contribution in [2.75, 3.05) is 12.0 Å². The first-order valence-corrected chi connectivity index (χ1v) is 9.58. The number of thioether (sulfide) groups is 1. The summed E-state index contributed by atoms with van der Waals surface area (Å²) in [6, 6.07) is 12.6. The largest absolute Gasteiger partial charge is 0.495 e. The number of rotatable bonds is 5. The number of nitrogens with two attached hydrogens (primary N) is 1. The van der Waals surface area contributed by atoms with E-state index < -0.39 is 5.25 Å². The minimum Gasteiger partial charge on any atom is -0.495 e. The van der Waals surface area contributed by atoms with Crippen LogP contribution < -0.4 is 15.4 Å². The van der Waals surface area contributed by atoms with Crippen LogP contribution in [0.2, 0.25) is 0 Å². The smallest absolute Gasteiger partial charge is 0.248 e. The molecule has 1 aliphatic rings. The van der Waals surface area contributed by atoms with Crippen molar-refractivity contribution < 1.29 is 18.7 Å². The number of amidine groups is 1. The van der Waals surface area contributed by atoms with Gasteiger partial charge in [0.15, 0.2) is 5.17 Å². The fourth-order valence-electron chi connectivity index (χ4n) is 2.81. The molecule has 1 atom stereocenters. The number of methoxy groups -OCH3 is 1. The van der Waals surface area contributed by atoms with E-state index in [-0.39, 0.29) is 29.2 Å². The summed E-state index contributed by atoms with van der Waals surface area (Å²) in [5.74, 6) is -0.636. The lowest BCUT2D eigenvalue weighted by atomic mass is 10.1. The molecule has 150 valence electrons. The summed E-state index contributed by atoms with van der Waals surface area (Å²) in [5.41, 5.74) is 7.52. The number of carbonyl (C=O) groups is 2. The second kappa shape index (κ2) is 8.87. The number of carbonyl (C=O) groups excluding carboxylic acids is 2. The van der Waals surface area contributed by atoms with Crippen LogP contribution in [0, 0.1) is 5.82 Å². The van der Waals surface area contributed by atoms with Crippen molar-refractivity contribution in [3.63, 3.8) is 0 Å². The molecule has 0 aromatic heterocycles. The van der Waals surface area contributed by atoms with Crippen LogP contribution in [0.4, 0.5) is 10.1 Å². The molecule has 1 saturated heterocycles. The van der Waals surface area contributed by atoms with Gasteiger partial charge in [0.2, 0.25) is 11.8 Å². The van der Waals surface area contributed by atoms with Gasteiger partial charge in [-0.3, -0.25) is 9.59 Å². The van der Waals surface area contributed by atoms with Gasteiger partial charge < -0.3 is 10.5 Å². The Balaban J connectivity index is 1.72. The van der Waals surface area contributed by atoms with Gasteiger partial charge in [-0.1, -0.05) is 36.0 Å². The molecule has 0 spiro atoms. The van der Waals surface area contributed by atoms with Crippen molar-refractivity contribution in [2.45, 2.75) is 18.6 Å². The van der Waals surface area contributed by atoms with Crippen LogP contribution in [0.25, 0.3) is 0 Å². The number of nitrogens with zero attached hydrogens (tertiary/aromatic N) is 3. The number of ether oxygens (including phenoxy) is 1. The third kappa shape index (κ3) is 4.62. The third-order valence-corrected chi connectivity index (χ3v) is 5.23. The first kappa shape index (κ1) is 20.5. The molecule has 1 fully saturated rings. The van der Waals surface area contributed by atoms with E-state index in [0.29, 0.717) is 22.7 Å². The standard InChI is InChI=1S/C20H19FN4O3S/c1-12(13-7-9-14(21)10-8-13)23-24-20(22)29-17-11-18(26)25(19(17)27)15-5-3-4-6-16(15)28-2/h3-10,17H,11H2,1-2H3,(H2,22,24). The van der Waals surface area contributed by atoms with Gasteiger partial charge in [-0.15, -0.1) is 5.10 Å². The molecule has 1 aliphatic heterocycles. The van der Waals surface area contributed by atoms with Gasteiger partial charge in [-0.25, -0.2) is 9.29 Å². The maximum Gasteiger partial charge on any atom is 0.248 e. The van der Waals surface area contributed by atoms with E-state index in [9.17, 15) is 14.0 Å². The molecule has 0 bridgehead atoms. The zero-order valence-electron chi connectivity index (χ0n) is 15.8. The van der Waals surface area contributed by atoms with Crippen LogP contribution in [0.5, 0.6) is 5.75 Å². The number of hydrogen-bond donors (Lipinski definition) is 1. The summed E-state index contributed by atoms with van der Waals surface area (Å²) in [5, 5.41) is 7.30. The SMILES string of the molecule is COc1ccccc1N1C(=O)CC(SC(N)=NN=C(C)c2ccc(F)cc2)C1=O. The summed E-state index contributed by atoms with van der Waals surface area (Å²) < 4.78 is 18.2. The van der Waals surface area contributed by atoms with Gasteiger partial charge in [-0.2, -0.15) is 5.10 Å². The van der Waals surface area contributed by atoms with Crippen molar-refractivity contribution in [3.8, 4) is 5.75 Å². The molecule has 7 nitrogen and oxygen atoms in total. The van der Waals surface area contributed by atoms with Gasteiger partial charge in [-0.05, 0) is 36.8 Å². The fourth-order valence-corrected chi connectivity index (χ4v) is 3.62. The Hall–Kier alpha value is -3.20. The van der Waals surface area contributed by atoms with E-state index in [1.54, 1.807) is 43.3 Å². The molecular formula is C20H19FN4O3S. The molecule has 0 saturated carbocycles. The van der Waals surface area contributed by atoms with E-state index in [1.165, 1.54) is 19.2 Å². The lowest BCUT2D eigenvalue weighted by Gasteiger charge is -2.17. The second-order valence-electron chi connectivity index (χ2n) is 6.18. The summed E-state index contributed by atoms with van der Waals surface area (Å²) in [4.78, 5) is 26.3. The maximum absolute atomic E-state index is 13.0. The van der Waals surface area contributed by atoms with Crippen molar-refractivity contribution in [1.29, 1.82) is 0 Å². The van der Waals surface area contributed by atoms with E-state index in [4.69, 9.17) is 10.5 Å². The van der Waals surface area contributed by atoms with E-state index >= 15 is 0 Å². The number of halogens is 1. The molecule has 9 heteroatoms. The average Bonchev–Trinajstić information content (AvgIpc) is 2.99. The van der Waals surface area contributed by atoms with Crippen molar-refractivity contribution >= 4 is 40.1 Å². The summed E-state index contributed by atoms with van der Waals surface area (Å²) in [6.07, 6.45) is -0.00156. The van der Waals surface area contributed by atoms with Gasteiger partial charge in [0.1, 0.15) is 16.8 Å². The Bertz CT molecular complexity index is 991.